The van der Waals surface area contributed by atoms with Crippen LogP contribution in [0.25, 0.3) is 22.3 Å². The minimum absolute atomic E-state index is 0.00656. The molecular weight excluding hydrogens is 532 g/mol. The second kappa shape index (κ2) is 11.8. The van der Waals surface area contributed by atoms with Gasteiger partial charge in [0.1, 0.15) is 6.61 Å². The molecule has 0 amide bonds. The van der Waals surface area contributed by atoms with Crippen molar-refractivity contribution in [1.82, 2.24) is 9.66 Å². The number of nitrogens with zero attached hydrogens (tertiary/aromatic N) is 4. The van der Waals surface area contributed by atoms with E-state index < -0.39 is 4.92 Å². The first-order chi connectivity index (χ1) is 19.5. The topological polar surface area (TPSA) is 109 Å². The number of benzene rings is 4. The number of ether oxygens (including phenoxy) is 2. The van der Waals surface area contributed by atoms with E-state index in [1.54, 1.807) is 61.5 Å². The highest BCUT2D eigenvalue weighted by atomic mass is 35.5. The van der Waals surface area contributed by atoms with Crippen molar-refractivity contribution in [3.05, 3.63) is 128 Å². The first kappa shape index (κ1) is 26.6. The van der Waals surface area contributed by atoms with E-state index in [-0.39, 0.29) is 36.0 Å². The van der Waals surface area contributed by atoms with E-state index in [1.165, 1.54) is 17.0 Å². The van der Waals surface area contributed by atoms with Crippen LogP contribution in [0.5, 0.6) is 11.5 Å². The summed E-state index contributed by atoms with van der Waals surface area (Å²) < 4.78 is 12.7. The third-order valence-electron chi connectivity index (χ3n) is 5.99. The summed E-state index contributed by atoms with van der Waals surface area (Å²) in [6.45, 7) is 2.01. The molecule has 0 aliphatic heterocycles. The lowest BCUT2D eigenvalue weighted by Crippen LogP contribution is -2.20. The molecule has 0 aliphatic carbocycles. The van der Waals surface area contributed by atoms with Crippen LogP contribution in [0.3, 0.4) is 0 Å². The minimum atomic E-state index is -0.555. The summed E-state index contributed by atoms with van der Waals surface area (Å²) in [5.74, 6) is 0.468. The second-order valence-corrected chi connectivity index (χ2v) is 9.02. The van der Waals surface area contributed by atoms with Gasteiger partial charge >= 0.3 is 5.69 Å². The smallest absolute Gasteiger partial charge is 0.315 e. The number of nitro groups is 1. The lowest BCUT2D eigenvalue weighted by Gasteiger charge is -2.14. The molecule has 200 valence electrons. The molecule has 4 aromatic carbocycles. The van der Waals surface area contributed by atoms with E-state index in [0.29, 0.717) is 38.4 Å². The quantitative estimate of drug-likeness (QED) is 0.117. The molecule has 0 saturated carbocycles. The van der Waals surface area contributed by atoms with Crippen LogP contribution in [-0.2, 0) is 6.61 Å². The van der Waals surface area contributed by atoms with Gasteiger partial charge in [0.25, 0.3) is 5.56 Å². The van der Waals surface area contributed by atoms with Crippen molar-refractivity contribution in [2.75, 3.05) is 6.61 Å². The third-order valence-corrected chi connectivity index (χ3v) is 6.36. The van der Waals surface area contributed by atoms with Crippen molar-refractivity contribution in [2.24, 2.45) is 5.10 Å². The zero-order valence-electron chi connectivity index (χ0n) is 21.4. The Morgan fingerprint density at radius 3 is 2.48 bits per heavy atom. The molecular formula is C30H23ClN4O5. The number of fused-ring (bicyclic) bond motifs is 1. The highest BCUT2D eigenvalue weighted by Gasteiger charge is 2.23. The largest absolute Gasteiger partial charge is 0.490 e. The van der Waals surface area contributed by atoms with Gasteiger partial charge in [-0.1, -0.05) is 72.3 Å². The molecule has 5 rings (SSSR count). The fraction of sp³-hybridized carbons (Fsp3) is 0.100. The first-order valence-electron chi connectivity index (χ1n) is 12.4. The third kappa shape index (κ3) is 5.55. The Bertz CT molecular complexity index is 1790. The van der Waals surface area contributed by atoms with Gasteiger partial charge in [-0.3, -0.25) is 14.9 Å². The SMILES string of the molecule is CCOc1cc(C=Nn2c(-c3ccccc3)nc3ccccc3c2=O)cc([N+](=O)[O-])c1OCc1ccccc1Cl. The van der Waals surface area contributed by atoms with Crippen LogP contribution in [0.2, 0.25) is 5.02 Å². The van der Waals surface area contributed by atoms with E-state index in [4.69, 9.17) is 21.1 Å². The highest BCUT2D eigenvalue weighted by Crippen LogP contribution is 2.39. The average molecular weight is 555 g/mol. The fourth-order valence-electron chi connectivity index (χ4n) is 4.12. The van der Waals surface area contributed by atoms with Crippen LogP contribution < -0.4 is 15.0 Å². The number of nitro benzene ring substituents is 1. The standard InChI is InChI=1S/C30H23ClN4O5/c1-2-39-27-17-20(16-26(35(37)38)28(27)40-19-22-12-6-8-14-24(22)31)18-32-34-29(21-10-4-3-5-11-21)33-25-15-9-7-13-23(25)30(34)36/h3-18H,2,19H2,1H3. The van der Waals surface area contributed by atoms with E-state index in [9.17, 15) is 14.9 Å². The normalized spacial score (nSPS) is 11.2. The Balaban J connectivity index is 1.59. The maximum absolute atomic E-state index is 13.4. The van der Waals surface area contributed by atoms with Crippen molar-refractivity contribution in [1.29, 1.82) is 0 Å². The Morgan fingerprint density at radius 1 is 1.00 bits per heavy atom. The molecule has 1 aromatic heterocycles. The molecule has 10 heteroatoms. The molecule has 40 heavy (non-hydrogen) atoms. The van der Waals surface area contributed by atoms with Gasteiger partial charge in [-0.15, -0.1) is 0 Å². The van der Waals surface area contributed by atoms with Gasteiger partial charge in [-0.2, -0.15) is 9.78 Å². The summed E-state index contributed by atoms with van der Waals surface area (Å²) in [7, 11) is 0. The molecule has 0 N–H and O–H groups in total. The second-order valence-electron chi connectivity index (χ2n) is 8.62. The maximum Gasteiger partial charge on any atom is 0.315 e. The predicted molar refractivity (Wildman–Crippen MR) is 154 cm³/mol. The molecule has 0 saturated heterocycles. The van der Waals surface area contributed by atoms with Gasteiger partial charge in [0.2, 0.25) is 5.75 Å². The fourth-order valence-corrected chi connectivity index (χ4v) is 4.31. The summed E-state index contributed by atoms with van der Waals surface area (Å²) in [6.07, 6.45) is 1.36. The summed E-state index contributed by atoms with van der Waals surface area (Å²) in [4.78, 5) is 29.6. The molecule has 0 unspecified atom stereocenters. The molecule has 0 atom stereocenters. The number of halogens is 1. The summed E-state index contributed by atoms with van der Waals surface area (Å²) in [5.41, 5.74) is 1.54. The number of para-hydroxylation sites is 1. The zero-order chi connectivity index (χ0) is 28.1. The molecule has 0 radical (unpaired) electrons. The lowest BCUT2D eigenvalue weighted by atomic mass is 10.1. The van der Waals surface area contributed by atoms with Gasteiger partial charge < -0.3 is 9.47 Å². The van der Waals surface area contributed by atoms with E-state index >= 15 is 0 Å². The molecule has 0 bridgehead atoms. The monoisotopic (exact) mass is 554 g/mol. The Labute approximate surface area is 234 Å². The van der Waals surface area contributed by atoms with Crippen LogP contribution in [-0.4, -0.2) is 27.4 Å². The molecule has 0 aliphatic rings. The van der Waals surface area contributed by atoms with Gasteiger partial charge in [0.15, 0.2) is 11.6 Å². The number of hydrogen-bond donors (Lipinski definition) is 0. The average Bonchev–Trinajstić information content (AvgIpc) is 2.97. The van der Waals surface area contributed by atoms with Gasteiger partial charge in [0.05, 0.1) is 28.6 Å². The molecule has 0 spiro atoms. The van der Waals surface area contributed by atoms with Crippen molar-refractivity contribution in [2.45, 2.75) is 13.5 Å². The molecule has 0 fully saturated rings. The molecule has 9 nitrogen and oxygen atoms in total. The van der Waals surface area contributed by atoms with Gasteiger partial charge in [-0.25, -0.2) is 4.98 Å². The summed E-state index contributed by atoms with van der Waals surface area (Å²) >= 11 is 6.23. The van der Waals surface area contributed by atoms with Crippen LogP contribution in [0.15, 0.2) is 101 Å². The van der Waals surface area contributed by atoms with E-state index in [1.807, 2.05) is 30.3 Å². The first-order valence-corrected chi connectivity index (χ1v) is 12.8. The van der Waals surface area contributed by atoms with Crippen LogP contribution in [0.1, 0.15) is 18.1 Å². The number of hydrogen-bond acceptors (Lipinski definition) is 7. The zero-order valence-corrected chi connectivity index (χ0v) is 22.1. The lowest BCUT2D eigenvalue weighted by molar-refractivity contribution is -0.386. The van der Waals surface area contributed by atoms with Crippen LogP contribution >= 0.6 is 11.6 Å². The summed E-state index contributed by atoms with van der Waals surface area (Å²) in [6, 6.07) is 26.1. The van der Waals surface area contributed by atoms with Gasteiger partial charge in [0, 0.05) is 27.8 Å². The minimum Gasteiger partial charge on any atom is -0.490 e. The Kier molecular flexibility index (Phi) is 7.84. The Morgan fingerprint density at radius 2 is 1.73 bits per heavy atom. The van der Waals surface area contributed by atoms with Crippen LogP contribution in [0.4, 0.5) is 5.69 Å². The van der Waals surface area contributed by atoms with E-state index in [2.05, 4.69) is 10.1 Å². The molecule has 1 heterocycles. The van der Waals surface area contributed by atoms with Gasteiger partial charge in [-0.05, 0) is 31.2 Å². The summed E-state index contributed by atoms with van der Waals surface area (Å²) in [5, 5.41) is 17.4. The van der Waals surface area contributed by atoms with Crippen molar-refractivity contribution >= 4 is 34.4 Å². The highest BCUT2D eigenvalue weighted by molar-refractivity contribution is 6.31. The number of rotatable bonds is 9. The molecule has 5 aromatic rings. The Hall–Kier alpha value is -5.02. The van der Waals surface area contributed by atoms with Crippen molar-refractivity contribution in [3.63, 3.8) is 0 Å². The van der Waals surface area contributed by atoms with Crippen molar-refractivity contribution in [3.8, 4) is 22.9 Å². The van der Waals surface area contributed by atoms with Crippen LogP contribution in [0, 0.1) is 10.1 Å². The predicted octanol–water partition coefficient (Wildman–Crippen LogP) is 6.49. The maximum atomic E-state index is 13.4. The number of aromatic nitrogens is 2. The van der Waals surface area contributed by atoms with Crippen molar-refractivity contribution < 1.29 is 14.4 Å². The van der Waals surface area contributed by atoms with E-state index in [0.717, 1.165) is 0 Å².